The Labute approximate surface area is 85.1 Å². The highest BCUT2D eigenvalue weighted by atomic mass is 15.1. The van der Waals surface area contributed by atoms with E-state index >= 15 is 0 Å². The molecule has 0 unspecified atom stereocenters. The van der Waals surface area contributed by atoms with Crippen LogP contribution in [0.15, 0.2) is 0 Å². The first-order valence-electron chi connectivity index (χ1n) is 4.35. The van der Waals surface area contributed by atoms with E-state index in [0.717, 1.165) is 0 Å². The molecule has 0 atom stereocenters. The molecule has 0 aliphatic heterocycles. The van der Waals surface area contributed by atoms with E-state index in [1.807, 2.05) is 6.07 Å². The number of nitrogens with one attached hydrogen (secondary N) is 2. The smallest absolute Gasteiger partial charge is 0.227 e. The fraction of sp³-hybridized carbons (Fsp3) is 0.750. The average molecular weight is 198 g/mol. The SMILES string of the molecule is NCN.[C-]#[N+]CCNCNCCC#N. The van der Waals surface area contributed by atoms with Crippen LogP contribution in [-0.2, 0) is 0 Å². The molecule has 6 N–H and O–H groups in total. The standard InChI is InChI=1S/C7H12N4.CH6N2/c1-9-5-6-11-7-10-4-2-3-8;2-1-3/h10-11H,2,4-7H2;1-3H2. The molecule has 0 aromatic carbocycles. The molecule has 0 heterocycles. The van der Waals surface area contributed by atoms with Crippen molar-refractivity contribution in [3.8, 4) is 6.07 Å². The van der Waals surface area contributed by atoms with Gasteiger partial charge in [0.2, 0.25) is 6.54 Å². The Kier molecular flexibility index (Phi) is 19.4. The number of hydrogen-bond acceptors (Lipinski definition) is 5. The Hall–Kier alpha value is -1.18. The molecule has 0 radical (unpaired) electrons. The molecule has 0 aliphatic rings. The van der Waals surface area contributed by atoms with Crippen molar-refractivity contribution in [3.63, 3.8) is 0 Å². The van der Waals surface area contributed by atoms with Crippen LogP contribution in [-0.4, -0.2) is 33.0 Å². The number of nitrogens with two attached hydrogens (primary N) is 2. The highest BCUT2D eigenvalue weighted by Crippen LogP contribution is 1.68. The van der Waals surface area contributed by atoms with E-state index < -0.39 is 0 Å². The summed E-state index contributed by atoms with van der Waals surface area (Å²) in [5.41, 5.74) is 9.25. The first kappa shape index (κ1) is 15.3. The van der Waals surface area contributed by atoms with Crippen LogP contribution >= 0.6 is 0 Å². The minimum atomic E-state index is 0.250. The predicted octanol–water partition coefficient (Wildman–Crippen LogP) is -1.18. The lowest BCUT2D eigenvalue weighted by Crippen LogP contribution is -2.30. The summed E-state index contributed by atoms with van der Waals surface area (Å²) in [6.07, 6.45) is 0.532. The quantitative estimate of drug-likeness (QED) is 0.244. The molecule has 0 saturated carbocycles. The lowest BCUT2D eigenvalue weighted by molar-refractivity contribution is 0.601. The van der Waals surface area contributed by atoms with E-state index in [4.69, 9.17) is 11.8 Å². The summed E-state index contributed by atoms with van der Waals surface area (Å²) in [6.45, 7) is 9.33. The van der Waals surface area contributed by atoms with Gasteiger partial charge in [-0.15, -0.1) is 0 Å². The van der Waals surface area contributed by atoms with E-state index in [9.17, 15) is 0 Å². The summed E-state index contributed by atoms with van der Waals surface area (Å²) >= 11 is 0. The van der Waals surface area contributed by atoms with Gasteiger partial charge in [-0.2, -0.15) is 5.26 Å². The molecule has 0 spiro atoms. The molecule has 0 aliphatic carbocycles. The van der Waals surface area contributed by atoms with Gasteiger partial charge >= 0.3 is 0 Å². The Morgan fingerprint density at radius 1 is 1.29 bits per heavy atom. The third kappa shape index (κ3) is 22.4. The largest absolute Gasteiger partial charge is 0.319 e. The first-order valence-corrected chi connectivity index (χ1v) is 4.35. The van der Waals surface area contributed by atoms with Gasteiger partial charge in [-0.1, -0.05) is 0 Å². The van der Waals surface area contributed by atoms with Crippen LogP contribution in [0.4, 0.5) is 0 Å². The van der Waals surface area contributed by atoms with E-state index in [2.05, 4.69) is 26.9 Å². The van der Waals surface area contributed by atoms with Crippen LogP contribution in [0.5, 0.6) is 0 Å². The Morgan fingerprint density at radius 3 is 2.36 bits per heavy atom. The second-order valence-electron chi connectivity index (χ2n) is 2.20. The molecule has 0 fully saturated rings. The monoisotopic (exact) mass is 198 g/mol. The molecule has 0 amide bonds. The fourth-order valence-corrected chi connectivity index (χ4v) is 0.544. The third-order valence-electron chi connectivity index (χ3n) is 1.06. The lowest BCUT2D eigenvalue weighted by Gasteiger charge is -2.00. The van der Waals surface area contributed by atoms with Crippen molar-refractivity contribution in [2.24, 2.45) is 11.5 Å². The molecule has 0 bridgehead atoms. The van der Waals surface area contributed by atoms with Crippen molar-refractivity contribution in [1.82, 2.24) is 10.6 Å². The van der Waals surface area contributed by atoms with Crippen molar-refractivity contribution in [2.45, 2.75) is 6.42 Å². The van der Waals surface area contributed by atoms with E-state index in [1.165, 1.54) is 0 Å². The van der Waals surface area contributed by atoms with Crippen LogP contribution < -0.4 is 22.1 Å². The molecule has 0 aromatic heterocycles. The molecule has 0 rings (SSSR count). The summed E-state index contributed by atoms with van der Waals surface area (Å²) in [7, 11) is 0. The Bertz CT molecular complexity index is 150. The van der Waals surface area contributed by atoms with Gasteiger partial charge in [0.25, 0.3) is 0 Å². The maximum atomic E-state index is 8.16. The molecule has 80 valence electrons. The Morgan fingerprint density at radius 2 is 1.86 bits per heavy atom. The molecule has 0 saturated heterocycles. The van der Waals surface area contributed by atoms with Gasteiger partial charge in [0.1, 0.15) is 0 Å². The zero-order valence-electron chi connectivity index (χ0n) is 8.29. The molecule has 0 aromatic rings. The number of nitrogens with zero attached hydrogens (tertiary/aromatic N) is 2. The highest BCUT2D eigenvalue weighted by Gasteiger charge is 1.86. The minimum Gasteiger partial charge on any atom is -0.319 e. The summed E-state index contributed by atoms with van der Waals surface area (Å²) in [5, 5.41) is 14.2. The van der Waals surface area contributed by atoms with Gasteiger partial charge < -0.3 is 21.6 Å². The normalized spacial score (nSPS) is 8.00. The van der Waals surface area contributed by atoms with Crippen LogP contribution in [0.2, 0.25) is 0 Å². The fourth-order valence-electron chi connectivity index (χ4n) is 0.544. The van der Waals surface area contributed by atoms with Gasteiger partial charge in [0.15, 0.2) is 0 Å². The van der Waals surface area contributed by atoms with Crippen molar-refractivity contribution in [2.75, 3.05) is 33.0 Å². The van der Waals surface area contributed by atoms with Crippen molar-refractivity contribution in [1.29, 1.82) is 5.26 Å². The molecular formula is C8H18N6. The summed E-state index contributed by atoms with van der Waals surface area (Å²) < 4.78 is 0. The highest BCUT2D eigenvalue weighted by molar-refractivity contribution is 4.69. The van der Waals surface area contributed by atoms with Gasteiger partial charge in [-0.25, -0.2) is 6.57 Å². The minimum absolute atomic E-state index is 0.250. The molecule has 14 heavy (non-hydrogen) atoms. The number of rotatable bonds is 6. The van der Waals surface area contributed by atoms with Crippen molar-refractivity contribution < 1.29 is 0 Å². The van der Waals surface area contributed by atoms with E-state index in [-0.39, 0.29) is 6.67 Å². The van der Waals surface area contributed by atoms with Crippen molar-refractivity contribution >= 4 is 0 Å². The topological polar surface area (TPSA) is 104 Å². The van der Waals surface area contributed by atoms with Gasteiger partial charge in [0.05, 0.1) is 12.6 Å². The molecular weight excluding hydrogens is 180 g/mol. The average Bonchev–Trinajstić information content (AvgIpc) is 2.18. The van der Waals surface area contributed by atoms with Crippen molar-refractivity contribution in [3.05, 3.63) is 11.4 Å². The number of hydrogen-bond donors (Lipinski definition) is 4. The summed E-state index contributed by atoms with van der Waals surface area (Å²) in [5.74, 6) is 0. The van der Waals surface area contributed by atoms with E-state index in [1.54, 1.807) is 0 Å². The summed E-state index contributed by atoms with van der Waals surface area (Å²) in [6, 6.07) is 2.03. The van der Waals surface area contributed by atoms with Gasteiger partial charge in [-0.3, -0.25) is 5.32 Å². The zero-order valence-corrected chi connectivity index (χ0v) is 8.29. The maximum Gasteiger partial charge on any atom is 0.227 e. The van der Waals surface area contributed by atoms with Gasteiger partial charge in [0, 0.05) is 26.3 Å². The Balaban J connectivity index is 0. The first-order chi connectivity index (χ1) is 6.83. The second-order valence-corrected chi connectivity index (χ2v) is 2.20. The lowest BCUT2D eigenvalue weighted by atomic mass is 10.5. The molecule has 6 heteroatoms. The van der Waals surface area contributed by atoms with Crippen LogP contribution in [0.3, 0.4) is 0 Å². The second kappa shape index (κ2) is 17.8. The number of nitriles is 1. The maximum absolute atomic E-state index is 8.16. The predicted molar refractivity (Wildman–Crippen MR) is 55.8 cm³/mol. The third-order valence-corrected chi connectivity index (χ3v) is 1.06. The van der Waals surface area contributed by atoms with E-state index in [0.29, 0.717) is 32.7 Å². The van der Waals surface area contributed by atoms with Crippen LogP contribution in [0, 0.1) is 17.9 Å². The molecule has 6 nitrogen and oxygen atoms in total. The van der Waals surface area contributed by atoms with Crippen LogP contribution in [0.1, 0.15) is 6.42 Å². The van der Waals surface area contributed by atoms with Crippen LogP contribution in [0.25, 0.3) is 4.85 Å². The summed E-state index contributed by atoms with van der Waals surface area (Å²) in [4.78, 5) is 3.18. The zero-order chi connectivity index (χ0) is 11.1. The van der Waals surface area contributed by atoms with Gasteiger partial charge in [-0.05, 0) is 0 Å².